The minimum atomic E-state index is -0.384. The molecule has 2 fully saturated rings. The van der Waals surface area contributed by atoms with Gasteiger partial charge in [0.25, 0.3) is 0 Å². The molecule has 6 nitrogen and oxygen atoms in total. The van der Waals surface area contributed by atoms with Crippen molar-refractivity contribution in [2.24, 2.45) is 5.92 Å². The number of piperidine rings is 2. The smallest absolute Gasteiger partial charge is 0.337 e. The summed E-state index contributed by atoms with van der Waals surface area (Å²) in [5.74, 6) is 0.159. The Morgan fingerprint density at radius 2 is 1.88 bits per heavy atom. The standard InChI is InChI=1S/C19H27N3O3/c1-25-18(23)14-7-9-16(10-8-14)21-19(24)20-13-15-5-4-12-22-11-3-2-6-17(15)22/h7-10,15,17H,2-6,11-13H2,1H3,(H2,20,21,24)/t15-,17+/m0/s1. The van der Waals surface area contributed by atoms with E-state index in [-0.39, 0.29) is 12.0 Å². The molecule has 1 aromatic carbocycles. The highest BCUT2D eigenvalue weighted by Crippen LogP contribution is 2.30. The fourth-order valence-electron chi connectivity index (χ4n) is 4.02. The zero-order valence-corrected chi connectivity index (χ0v) is 14.8. The first-order valence-corrected chi connectivity index (χ1v) is 9.14. The Hall–Kier alpha value is -2.08. The molecular formula is C19H27N3O3. The first-order valence-electron chi connectivity index (χ1n) is 9.14. The molecule has 3 rings (SSSR count). The van der Waals surface area contributed by atoms with Crippen molar-refractivity contribution >= 4 is 17.7 Å². The Balaban J connectivity index is 1.48. The van der Waals surface area contributed by atoms with Gasteiger partial charge in [-0.25, -0.2) is 9.59 Å². The number of amides is 2. The van der Waals surface area contributed by atoms with E-state index in [1.807, 2.05) is 0 Å². The maximum Gasteiger partial charge on any atom is 0.337 e. The molecule has 6 heteroatoms. The number of benzene rings is 1. The number of carbonyl (C=O) groups is 2. The molecule has 0 aliphatic carbocycles. The van der Waals surface area contributed by atoms with Crippen molar-refractivity contribution in [2.75, 3.05) is 32.1 Å². The van der Waals surface area contributed by atoms with Crippen LogP contribution in [-0.4, -0.2) is 49.7 Å². The van der Waals surface area contributed by atoms with Crippen molar-refractivity contribution in [1.82, 2.24) is 10.2 Å². The van der Waals surface area contributed by atoms with E-state index in [0.717, 1.165) is 0 Å². The number of carbonyl (C=O) groups excluding carboxylic acids is 2. The van der Waals surface area contributed by atoms with Crippen molar-refractivity contribution < 1.29 is 14.3 Å². The molecule has 0 bridgehead atoms. The van der Waals surface area contributed by atoms with Crippen LogP contribution in [0.3, 0.4) is 0 Å². The predicted molar refractivity (Wildman–Crippen MR) is 96.7 cm³/mol. The number of methoxy groups -OCH3 is 1. The minimum absolute atomic E-state index is 0.196. The summed E-state index contributed by atoms with van der Waals surface area (Å²) in [5.41, 5.74) is 1.13. The van der Waals surface area contributed by atoms with Crippen molar-refractivity contribution in [1.29, 1.82) is 0 Å². The molecule has 1 aromatic rings. The summed E-state index contributed by atoms with van der Waals surface area (Å²) in [5, 5.41) is 5.84. The van der Waals surface area contributed by atoms with Gasteiger partial charge in [0.2, 0.25) is 0 Å². The second-order valence-corrected chi connectivity index (χ2v) is 6.91. The van der Waals surface area contributed by atoms with Gasteiger partial charge < -0.3 is 20.3 Å². The van der Waals surface area contributed by atoms with Gasteiger partial charge >= 0.3 is 12.0 Å². The minimum Gasteiger partial charge on any atom is -0.465 e. The summed E-state index contributed by atoms with van der Waals surface area (Å²) in [7, 11) is 1.35. The van der Waals surface area contributed by atoms with Crippen LogP contribution < -0.4 is 10.6 Å². The van der Waals surface area contributed by atoms with Crippen LogP contribution >= 0.6 is 0 Å². The Morgan fingerprint density at radius 3 is 2.64 bits per heavy atom. The monoisotopic (exact) mass is 345 g/mol. The highest BCUT2D eigenvalue weighted by molar-refractivity contribution is 5.92. The van der Waals surface area contributed by atoms with Crippen LogP contribution in [0.1, 0.15) is 42.5 Å². The van der Waals surface area contributed by atoms with Crippen LogP contribution in [0.5, 0.6) is 0 Å². The number of fused-ring (bicyclic) bond motifs is 1. The second kappa shape index (κ2) is 8.34. The average Bonchev–Trinajstić information content (AvgIpc) is 2.66. The molecule has 2 aliphatic rings. The largest absolute Gasteiger partial charge is 0.465 e. The lowest BCUT2D eigenvalue weighted by molar-refractivity contribution is 0.0600. The van der Waals surface area contributed by atoms with Crippen molar-refractivity contribution in [3.63, 3.8) is 0 Å². The quantitative estimate of drug-likeness (QED) is 0.823. The highest BCUT2D eigenvalue weighted by Gasteiger charge is 2.32. The van der Waals surface area contributed by atoms with E-state index in [4.69, 9.17) is 0 Å². The summed E-state index contributed by atoms with van der Waals surface area (Å²) in [6, 6.07) is 7.12. The molecule has 0 radical (unpaired) electrons. The van der Waals surface area contributed by atoms with E-state index in [2.05, 4.69) is 20.3 Å². The van der Waals surface area contributed by atoms with Gasteiger partial charge in [0.1, 0.15) is 0 Å². The van der Waals surface area contributed by atoms with Gasteiger partial charge in [-0.05, 0) is 69.0 Å². The van der Waals surface area contributed by atoms with Crippen molar-refractivity contribution in [3.05, 3.63) is 29.8 Å². The molecule has 2 atom stereocenters. The topological polar surface area (TPSA) is 70.7 Å². The van der Waals surface area contributed by atoms with Gasteiger partial charge in [-0.3, -0.25) is 0 Å². The lowest BCUT2D eigenvalue weighted by atomic mass is 9.83. The molecule has 0 unspecified atom stereocenters. The molecule has 2 N–H and O–H groups in total. The summed E-state index contributed by atoms with van der Waals surface area (Å²) in [6.45, 7) is 3.13. The number of nitrogens with one attached hydrogen (secondary N) is 2. The van der Waals surface area contributed by atoms with E-state index in [1.54, 1.807) is 24.3 Å². The SMILES string of the molecule is COC(=O)c1ccc(NC(=O)NC[C@@H]2CCCN3CCCC[C@H]23)cc1. The number of anilines is 1. The summed E-state index contributed by atoms with van der Waals surface area (Å²) >= 11 is 0. The molecule has 2 aliphatic heterocycles. The summed E-state index contributed by atoms with van der Waals surface area (Å²) in [6.07, 6.45) is 6.27. The van der Waals surface area contributed by atoms with Crippen LogP contribution in [0.4, 0.5) is 10.5 Å². The maximum absolute atomic E-state index is 12.2. The average molecular weight is 345 g/mol. The molecule has 0 spiro atoms. The van der Waals surface area contributed by atoms with Gasteiger partial charge in [-0.2, -0.15) is 0 Å². The van der Waals surface area contributed by atoms with E-state index in [0.29, 0.717) is 29.8 Å². The zero-order chi connectivity index (χ0) is 17.6. The molecule has 2 heterocycles. The lowest BCUT2D eigenvalue weighted by Crippen LogP contribution is -2.51. The first-order chi connectivity index (χ1) is 12.2. The number of esters is 1. The fourth-order valence-corrected chi connectivity index (χ4v) is 4.02. The highest BCUT2D eigenvalue weighted by atomic mass is 16.5. The summed E-state index contributed by atoms with van der Waals surface area (Å²) in [4.78, 5) is 26.2. The molecule has 25 heavy (non-hydrogen) atoms. The zero-order valence-electron chi connectivity index (χ0n) is 14.8. The summed E-state index contributed by atoms with van der Waals surface area (Å²) < 4.78 is 4.66. The molecule has 0 aromatic heterocycles. The molecule has 2 saturated heterocycles. The number of hydrogen-bond acceptors (Lipinski definition) is 4. The molecule has 0 saturated carbocycles. The third-order valence-electron chi connectivity index (χ3n) is 5.32. The Bertz CT molecular complexity index is 600. The van der Waals surface area contributed by atoms with Gasteiger partial charge in [0.15, 0.2) is 0 Å². The normalized spacial score (nSPS) is 23.4. The van der Waals surface area contributed by atoms with Crippen LogP contribution in [0.2, 0.25) is 0 Å². The number of urea groups is 1. The van der Waals surface area contributed by atoms with Gasteiger partial charge in [0, 0.05) is 18.3 Å². The van der Waals surface area contributed by atoms with Crippen LogP contribution in [-0.2, 0) is 4.74 Å². The predicted octanol–water partition coefficient (Wildman–Crippen LogP) is 2.86. The Labute approximate surface area is 148 Å². The number of ether oxygens (including phenoxy) is 1. The van der Waals surface area contributed by atoms with Gasteiger partial charge in [0.05, 0.1) is 12.7 Å². The number of rotatable bonds is 4. The van der Waals surface area contributed by atoms with Crippen molar-refractivity contribution in [2.45, 2.75) is 38.1 Å². The molecule has 2 amide bonds. The fraction of sp³-hybridized carbons (Fsp3) is 0.579. The van der Waals surface area contributed by atoms with Crippen LogP contribution in [0.15, 0.2) is 24.3 Å². The first kappa shape index (κ1) is 17.7. The number of hydrogen-bond donors (Lipinski definition) is 2. The second-order valence-electron chi connectivity index (χ2n) is 6.91. The Morgan fingerprint density at radius 1 is 1.12 bits per heavy atom. The van der Waals surface area contributed by atoms with Gasteiger partial charge in [-0.15, -0.1) is 0 Å². The van der Waals surface area contributed by atoms with Crippen molar-refractivity contribution in [3.8, 4) is 0 Å². The van der Waals surface area contributed by atoms with E-state index < -0.39 is 0 Å². The lowest BCUT2D eigenvalue weighted by Gasteiger charge is -2.44. The molecule has 136 valence electrons. The third kappa shape index (κ3) is 4.51. The maximum atomic E-state index is 12.2. The van der Waals surface area contributed by atoms with Gasteiger partial charge in [-0.1, -0.05) is 6.42 Å². The van der Waals surface area contributed by atoms with Crippen LogP contribution in [0.25, 0.3) is 0 Å². The van der Waals surface area contributed by atoms with E-state index >= 15 is 0 Å². The van der Waals surface area contributed by atoms with E-state index in [9.17, 15) is 9.59 Å². The number of nitrogens with zero attached hydrogens (tertiary/aromatic N) is 1. The molecular weight excluding hydrogens is 318 g/mol. The van der Waals surface area contributed by atoms with E-state index in [1.165, 1.54) is 52.3 Å². The third-order valence-corrected chi connectivity index (χ3v) is 5.32. The van der Waals surface area contributed by atoms with Crippen LogP contribution in [0, 0.1) is 5.92 Å². The Kier molecular flexibility index (Phi) is 5.91.